The number of rotatable bonds is 2. The van der Waals surface area contributed by atoms with Crippen LogP contribution in [0, 0.1) is 0 Å². The smallest absolute Gasteiger partial charge is 0.409 e. The first kappa shape index (κ1) is 13.3. The molecule has 1 aliphatic heterocycles. The van der Waals surface area contributed by atoms with E-state index in [0.29, 0.717) is 19.7 Å². The van der Waals surface area contributed by atoms with Gasteiger partial charge in [-0.05, 0) is 13.3 Å². The lowest BCUT2D eigenvalue weighted by atomic mass is 10.1. The average molecular weight is 294 g/mol. The van der Waals surface area contributed by atoms with Crippen molar-refractivity contribution in [2.45, 2.75) is 31.2 Å². The molecule has 0 unspecified atom stereocenters. The summed E-state index contributed by atoms with van der Waals surface area (Å²) in [6.45, 7) is 4.48. The topological polar surface area (TPSA) is 55.8 Å². The number of hydrogen-bond donors (Lipinski definition) is 0. The number of ether oxygens (including phenoxy) is 2. The van der Waals surface area contributed by atoms with Gasteiger partial charge in [-0.15, -0.1) is 0 Å². The molecule has 0 aromatic rings. The van der Waals surface area contributed by atoms with Gasteiger partial charge in [0.05, 0.1) is 18.0 Å². The average Bonchev–Trinajstić information content (AvgIpc) is 2.21. The fraction of sp³-hybridized carbons (Fsp3) is 0.800. The van der Waals surface area contributed by atoms with E-state index in [9.17, 15) is 9.59 Å². The number of likely N-dealkylation sites (tertiary alicyclic amines) is 1. The van der Waals surface area contributed by atoms with E-state index in [1.165, 1.54) is 6.92 Å². The maximum atomic E-state index is 11.5. The molecule has 0 aliphatic carbocycles. The molecule has 1 saturated heterocycles. The van der Waals surface area contributed by atoms with Crippen LogP contribution in [0.1, 0.15) is 20.3 Å². The number of amides is 1. The summed E-state index contributed by atoms with van der Waals surface area (Å²) in [5, 5.41) is 0. The SMILES string of the molecule is CCOC(=O)N1CC[C@@H](Br)[C@H](OC(C)=O)C1. The van der Waals surface area contributed by atoms with E-state index >= 15 is 0 Å². The highest BCUT2D eigenvalue weighted by Gasteiger charge is 2.32. The third-order valence-corrected chi connectivity index (χ3v) is 3.37. The second-order valence-corrected chi connectivity index (χ2v) is 4.77. The van der Waals surface area contributed by atoms with Crippen LogP contribution in [0.25, 0.3) is 0 Å². The summed E-state index contributed by atoms with van der Waals surface area (Å²) >= 11 is 3.44. The van der Waals surface area contributed by atoms with Crippen LogP contribution in [0.5, 0.6) is 0 Å². The third kappa shape index (κ3) is 3.66. The summed E-state index contributed by atoms with van der Waals surface area (Å²) in [6.07, 6.45) is 0.103. The Bertz CT molecular complexity index is 272. The van der Waals surface area contributed by atoms with Crippen LogP contribution in [0.15, 0.2) is 0 Å². The van der Waals surface area contributed by atoms with Crippen LogP contribution in [-0.2, 0) is 14.3 Å². The van der Waals surface area contributed by atoms with E-state index in [4.69, 9.17) is 9.47 Å². The number of carbonyl (C=O) groups excluding carboxylic acids is 2. The fourth-order valence-electron chi connectivity index (χ4n) is 1.59. The minimum absolute atomic E-state index is 0.0991. The Morgan fingerprint density at radius 1 is 1.50 bits per heavy atom. The van der Waals surface area contributed by atoms with Crippen molar-refractivity contribution in [1.29, 1.82) is 0 Å². The number of halogens is 1. The fourth-order valence-corrected chi connectivity index (χ4v) is 2.07. The summed E-state index contributed by atoms with van der Waals surface area (Å²) in [5.41, 5.74) is 0. The molecule has 16 heavy (non-hydrogen) atoms. The molecule has 2 atom stereocenters. The number of piperidine rings is 1. The minimum atomic E-state index is -0.348. The van der Waals surface area contributed by atoms with E-state index < -0.39 is 0 Å². The summed E-state index contributed by atoms with van der Waals surface area (Å²) in [5.74, 6) is -0.333. The predicted octanol–water partition coefficient (Wildman–Crippen LogP) is 1.54. The van der Waals surface area contributed by atoms with Gasteiger partial charge < -0.3 is 14.4 Å². The van der Waals surface area contributed by atoms with Crippen molar-refractivity contribution in [2.24, 2.45) is 0 Å². The van der Waals surface area contributed by atoms with Crippen molar-refractivity contribution in [2.75, 3.05) is 19.7 Å². The largest absolute Gasteiger partial charge is 0.459 e. The Kier molecular flexibility index (Phi) is 5.05. The van der Waals surface area contributed by atoms with Crippen molar-refractivity contribution in [3.8, 4) is 0 Å². The zero-order valence-corrected chi connectivity index (χ0v) is 11.0. The number of carbonyl (C=O) groups is 2. The van der Waals surface area contributed by atoms with Gasteiger partial charge in [0, 0.05) is 13.5 Å². The lowest BCUT2D eigenvalue weighted by Gasteiger charge is -2.34. The van der Waals surface area contributed by atoms with Gasteiger partial charge in [-0.25, -0.2) is 4.79 Å². The van der Waals surface area contributed by atoms with E-state index in [1.54, 1.807) is 11.8 Å². The third-order valence-electron chi connectivity index (χ3n) is 2.32. The summed E-state index contributed by atoms with van der Waals surface area (Å²) in [4.78, 5) is 24.0. The van der Waals surface area contributed by atoms with Crippen molar-refractivity contribution < 1.29 is 19.1 Å². The molecular weight excluding hydrogens is 278 g/mol. The van der Waals surface area contributed by atoms with Gasteiger partial charge in [-0.1, -0.05) is 15.9 Å². The molecule has 1 amide bonds. The highest BCUT2D eigenvalue weighted by molar-refractivity contribution is 9.09. The van der Waals surface area contributed by atoms with Gasteiger partial charge in [-0.2, -0.15) is 0 Å². The van der Waals surface area contributed by atoms with Crippen LogP contribution >= 0.6 is 15.9 Å². The molecule has 0 N–H and O–H groups in total. The van der Waals surface area contributed by atoms with Crippen LogP contribution in [0.2, 0.25) is 0 Å². The van der Waals surface area contributed by atoms with Gasteiger partial charge in [0.2, 0.25) is 0 Å². The van der Waals surface area contributed by atoms with Gasteiger partial charge in [-0.3, -0.25) is 4.79 Å². The maximum absolute atomic E-state index is 11.5. The zero-order chi connectivity index (χ0) is 12.1. The molecule has 1 aliphatic rings. The molecule has 0 saturated carbocycles. The normalized spacial score (nSPS) is 25.1. The van der Waals surface area contributed by atoms with Crippen LogP contribution in [-0.4, -0.2) is 47.6 Å². The van der Waals surface area contributed by atoms with Gasteiger partial charge >= 0.3 is 12.1 Å². The standard InChI is InChI=1S/C10H16BrNO4/c1-3-15-10(14)12-5-4-8(11)9(6-12)16-7(2)13/h8-9H,3-6H2,1-2H3/t8-,9-/m1/s1. The molecule has 1 fully saturated rings. The van der Waals surface area contributed by atoms with Crippen molar-refractivity contribution in [3.63, 3.8) is 0 Å². The summed E-state index contributed by atoms with van der Waals surface area (Å²) in [6, 6.07) is 0. The molecule has 0 radical (unpaired) electrons. The first-order chi connectivity index (χ1) is 7.54. The van der Waals surface area contributed by atoms with Crippen LogP contribution in [0.4, 0.5) is 4.79 Å². The van der Waals surface area contributed by atoms with Crippen molar-refractivity contribution in [3.05, 3.63) is 0 Å². The monoisotopic (exact) mass is 293 g/mol. The van der Waals surface area contributed by atoms with Gasteiger partial charge in [0.25, 0.3) is 0 Å². The highest BCUT2D eigenvalue weighted by Crippen LogP contribution is 2.21. The van der Waals surface area contributed by atoms with Gasteiger partial charge in [0.15, 0.2) is 0 Å². The first-order valence-corrected chi connectivity index (χ1v) is 6.19. The van der Waals surface area contributed by atoms with Gasteiger partial charge in [0.1, 0.15) is 6.10 Å². The quantitative estimate of drug-likeness (QED) is 0.572. The first-order valence-electron chi connectivity index (χ1n) is 5.27. The molecule has 1 heterocycles. The maximum Gasteiger partial charge on any atom is 0.409 e. The Morgan fingerprint density at radius 3 is 2.75 bits per heavy atom. The van der Waals surface area contributed by atoms with E-state index in [1.807, 2.05) is 0 Å². The van der Waals surface area contributed by atoms with E-state index in [2.05, 4.69) is 15.9 Å². The van der Waals surface area contributed by atoms with Crippen molar-refractivity contribution in [1.82, 2.24) is 4.90 Å². The second kappa shape index (κ2) is 6.08. The molecule has 5 nitrogen and oxygen atoms in total. The second-order valence-electron chi connectivity index (χ2n) is 3.60. The molecule has 1 rings (SSSR count). The molecule has 0 aromatic heterocycles. The Hall–Kier alpha value is -0.780. The number of esters is 1. The summed E-state index contributed by atoms with van der Waals surface area (Å²) < 4.78 is 10.0. The molecule has 0 spiro atoms. The lowest BCUT2D eigenvalue weighted by molar-refractivity contribution is -0.148. The summed E-state index contributed by atoms with van der Waals surface area (Å²) in [7, 11) is 0. The molecular formula is C10H16BrNO4. The van der Waals surface area contributed by atoms with Crippen LogP contribution < -0.4 is 0 Å². The number of alkyl halides is 1. The number of nitrogens with zero attached hydrogens (tertiary/aromatic N) is 1. The highest BCUT2D eigenvalue weighted by atomic mass is 79.9. The zero-order valence-electron chi connectivity index (χ0n) is 9.44. The van der Waals surface area contributed by atoms with Crippen molar-refractivity contribution >= 4 is 28.0 Å². The molecule has 0 bridgehead atoms. The van der Waals surface area contributed by atoms with Crippen LogP contribution in [0.3, 0.4) is 0 Å². The van der Waals surface area contributed by atoms with E-state index in [0.717, 1.165) is 6.42 Å². The molecule has 0 aromatic carbocycles. The minimum Gasteiger partial charge on any atom is -0.459 e. The Morgan fingerprint density at radius 2 is 2.19 bits per heavy atom. The lowest BCUT2D eigenvalue weighted by Crippen LogP contribution is -2.48. The molecule has 92 valence electrons. The predicted molar refractivity (Wildman–Crippen MR) is 61.5 cm³/mol. The Balaban J connectivity index is 2.52. The Labute approximate surface area is 103 Å². The number of hydrogen-bond acceptors (Lipinski definition) is 4. The molecule has 6 heteroatoms. The van der Waals surface area contributed by atoms with E-state index in [-0.39, 0.29) is 23.0 Å².